The maximum absolute atomic E-state index is 13.1. The van der Waals surface area contributed by atoms with Gasteiger partial charge in [0.1, 0.15) is 5.82 Å². The minimum absolute atomic E-state index is 0.0931. The Morgan fingerprint density at radius 3 is 2.69 bits per heavy atom. The first-order chi connectivity index (χ1) is 7.45. The van der Waals surface area contributed by atoms with Crippen molar-refractivity contribution in [2.24, 2.45) is 0 Å². The second-order valence-corrected chi connectivity index (χ2v) is 4.23. The average molecular weight is 223 g/mol. The molecule has 1 fully saturated rings. The van der Waals surface area contributed by atoms with E-state index < -0.39 is 5.72 Å². The highest BCUT2D eigenvalue weighted by molar-refractivity contribution is 5.79. The predicted molar refractivity (Wildman–Crippen MR) is 57.0 cm³/mol. The first-order valence-electron chi connectivity index (χ1n) is 5.21. The van der Waals surface area contributed by atoms with Crippen molar-refractivity contribution in [1.29, 1.82) is 0 Å². The lowest BCUT2D eigenvalue weighted by Crippen LogP contribution is -2.40. The summed E-state index contributed by atoms with van der Waals surface area (Å²) in [6.07, 6.45) is 0.677. The van der Waals surface area contributed by atoms with Gasteiger partial charge in [0.2, 0.25) is 5.91 Å². The maximum Gasteiger partial charge on any atom is 0.225 e. The van der Waals surface area contributed by atoms with Crippen LogP contribution in [0.25, 0.3) is 0 Å². The van der Waals surface area contributed by atoms with Crippen molar-refractivity contribution in [3.8, 4) is 0 Å². The van der Waals surface area contributed by atoms with Crippen molar-refractivity contribution in [3.05, 3.63) is 35.1 Å². The van der Waals surface area contributed by atoms with E-state index in [0.29, 0.717) is 24.0 Å². The molecule has 0 bridgehead atoms. The molecule has 1 aromatic carbocycles. The maximum atomic E-state index is 13.1. The molecule has 1 N–H and O–H groups in total. The number of rotatable bonds is 1. The summed E-state index contributed by atoms with van der Waals surface area (Å²) in [5.41, 5.74) is -0.242. The Morgan fingerprint density at radius 1 is 1.50 bits per heavy atom. The van der Waals surface area contributed by atoms with E-state index in [1.807, 2.05) is 0 Å². The molecule has 1 heterocycles. The number of hydrogen-bond acceptors (Lipinski definition) is 2. The molecule has 4 heteroatoms. The fourth-order valence-electron chi connectivity index (χ4n) is 2.05. The van der Waals surface area contributed by atoms with Gasteiger partial charge in [-0.3, -0.25) is 4.79 Å². The number of carbonyl (C=O) groups excluding carboxylic acids is 1. The summed E-state index contributed by atoms with van der Waals surface area (Å²) >= 11 is 0. The first kappa shape index (κ1) is 11.1. The zero-order valence-electron chi connectivity index (χ0n) is 9.33. The molecule has 1 aromatic rings. The quantitative estimate of drug-likeness (QED) is 0.784. The molecule has 0 aliphatic carbocycles. The van der Waals surface area contributed by atoms with Crippen LogP contribution in [0.3, 0.4) is 0 Å². The van der Waals surface area contributed by atoms with Gasteiger partial charge in [0, 0.05) is 25.5 Å². The number of benzene rings is 1. The molecule has 0 radical (unpaired) electrons. The van der Waals surface area contributed by atoms with Gasteiger partial charge in [0.15, 0.2) is 5.72 Å². The standard InChI is InChI=1S/C12H14FNO2/c1-8-7-9(3-4-10(8)13)12(16)6-5-11(15)14(12)2/h3-4,7,16H,5-6H2,1-2H3. The predicted octanol–water partition coefficient (Wildman–Crippen LogP) is 1.53. The van der Waals surface area contributed by atoms with Gasteiger partial charge < -0.3 is 10.0 Å². The summed E-state index contributed by atoms with van der Waals surface area (Å²) < 4.78 is 13.1. The molecular weight excluding hydrogens is 209 g/mol. The first-order valence-corrected chi connectivity index (χ1v) is 5.21. The number of hydrogen-bond donors (Lipinski definition) is 1. The number of amides is 1. The highest BCUT2D eigenvalue weighted by Crippen LogP contribution is 2.36. The molecule has 3 nitrogen and oxygen atoms in total. The van der Waals surface area contributed by atoms with Crippen molar-refractivity contribution in [2.45, 2.75) is 25.5 Å². The van der Waals surface area contributed by atoms with Gasteiger partial charge in [-0.15, -0.1) is 0 Å². The molecule has 86 valence electrons. The lowest BCUT2D eigenvalue weighted by atomic mass is 9.98. The van der Waals surface area contributed by atoms with Gasteiger partial charge in [-0.25, -0.2) is 4.39 Å². The van der Waals surface area contributed by atoms with Crippen molar-refractivity contribution in [2.75, 3.05) is 7.05 Å². The van der Waals surface area contributed by atoms with Crippen LogP contribution in [-0.2, 0) is 10.5 Å². The fraction of sp³-hybridized carbons (Fsp3) is 0.417. The van der Waals surface area contributed by atoms with Crippen LogP contribution in [0.15, 0.2) is 18.2 Å². The van der Waals surface area contributed by atoms with E-state index in [0.717, 1.165) is 0 Å². The third kappa shape index (κ3) is 1.50. The van der Waals surface area contributed by atoms with Crippen molar-refractivity contribution < 1.29 is 14.3 Å². The molecule has 1 saturated heterocycles. The fourth-order valence-corrected chi connectivity index (χ4v) is 2.05. The summed E-state index contributed by atoms with van der Waals surface area (Å²) in [6.45, 7) is 1.64. The monoisotopic (exact) mass is 223 g/mol. The molecule has 1 amide bonds. The van der Waals surface area contributed by atoms with E-state index >= 15 is 0 Å². The average Bonchev–Trinajstić information content (AvgIpc) is 2.52. The van der Waals surface area contributed by atoms with Gasteiger partial charge in [-0.2, -0.15) is 0 Å². The topological polar surface area (TPSA) is 40.5 Å². The van der Waals surface area contributed by atoms with Crippen LogP contribution in [-0.4, -0.2) is 23.0 Å². The summed E-state index contributed by atoms with van der Waals surface area (Å²) in [7, 11) is 1.56. The second-order valence-electron chi connectivity index (χ2n) is 4.23. The highest BCUT2D eigenvalue weighted by atomic mass is 19.1. The Kier molecular flexibility index (Phi) is 2.46. The zero-order valence-corrected chi connectivity index (χ0v) is 9.33. The summed E-state index contributed by atoms with van der Waals surface area (Å²) in [5, 5.41) is 10.4. The molecule has 1 aliphatic rings. The summed E-state index contributed by atoms with van der Waals surface area (Å²) in [4.78, 5) is 12.7. The normalized spacial score (nSPS) is 25.2. The van der Waals surface area contributed by atoms with Gasteiger partial charge in [-0.1, -0.05) is 6.07 Å². The van der Waals surface area contributed by atoms with E-state index in [1.165, 1.54) is 17.0 Å². The molecular formula is C12H14FNO2. The lowest BCUT2D eigenvalue weighted by Gasteiger charge is -2.31. The molecule has 1 unspecified atom stereocenters. The molecule has 0 spiro atoms. The van der Waals surface area contributed by atoms with Crippen molar-refractivity contribution in [1.82, 2.24) is 4.90 Å². The number of aryl methyl sites for hydroxylation is 1. The number of halogens is 1. The molecule has 1 atom stereocenters. The van der Waals surface area contributed by atoms with Crippen LogP contribution in [0.2, 0.25) is 0 Å². The minimum atomic E-state index is -1.28. The minimum Gasteiger partial charge on any atom is -0.367 e. The third-order valence-corrected chi connectivity index (χ3v) is 3.24. The smallest absolute Gasteiger partial charge is 0.225 e. The molecule has 1 aliphatic heterocycles. The van der Waals surface area contributed by atoms with Gasteiger partial charge in [0.25, 0.3) is 0 Å². The Balaban J connectivity index is 2.44. The van der Waals surface area contributed by atoms with Crippen LogP contribution in [0, 0.1) is 12.7 Å². The Bertz CT molecular complexity index is 447. The lowest BCUT2D eigenvalue weighted by molar-refractivity contribution is -0.142. The highest BCUT2D eigenvalue weighted by Gasteiger charge is 2.42. The number of likely N-dealkylation sites (tertiary alicyclic amines) is 1. The van der Waals surface area contributed by atoms with E-state index in [4.69, 9.17) is 0 Å². The third-order valence-electron chi connectivity index (χ3n) is 3.24. The van der Waals surface area contributed by atoms with E-state index in [-0.39, 0.29) is 11.7 Å². The van der Waals surface area contributed by atoms with Crippen LogP contribution < -0.4 is 0 Å². The van der Waals surface area contributed by atoms with E-state index in [2.05, 4.69) is 0 Å². The van der Waals surface area contributed by atoms with Gasteiger partial charge >= 0.3 is 0 Å². The van der Waals surface area contributed by atoms with E-state index in [9.17, 15) is 14.3 Å². The molecule has 0 aromatic heterocycles. The van der Waals surface area contributed by atoms with E-state index in [1.54, 1.807) is 20.0 Å². The summed E-state index contributed by atoms with van der Waals surface area (Å²) in [6, 6.07) is 4.43. The molecule has 0 saturated carbocycles. The molecule has 2 rings (SSSR count). The van der Waals surface area contributed by atoms with Crippen molar-refractivity contribution >= 4 is 5.91 Å². The van der Waals surface area contributed by atoms with Gasteiger partial charge in [-0.05, 0) is 24.6 Å². The number of aliphatic hydroxyl groups is 1. The summed E-state index contributed by atoms with van der Waals surface area (Å²) in [5.74, 6) is -0.399. The van der Waals surface area contributed by atoms with Crippen molar-refractivity contribution in [3.63, 3.8) is 0 Å². The Labute approximate surface area is 93.5 Å². The van der Waals surface area contributed by atoms with Crippen LogP contribution >= 0.6 is 0 Å². The Morgan fingerprint density at radius 2 is 2.19 bits per heavy atom. The molecule has 16 heavy (non-hydrogen) atoms. The van der Waals surface area contributed by atoms with Gasteiger partial charge in [0.05, 0.1) is 0 Å². The Hall–Kier alpha value is -1.42. The SMILES string of the molecule is Cc1cc(C2(O)CCC(=O)N2C)ccc1F. The zero-order chi connectivity index (χ0) is 11.9. The van der Waals surface area contributed by atoms with Crippen LogP contribution in [0.5, 0.6) is 0 Å². The second kappa shape index (κ2) is 3.56. The number of nitrogens with zero attached hydrogens (tertiary/aromatic N) is 1. The largest absolute Gasteiger partial charge is 0.367 e. The van der Waals surface area contributed by atoms with Crippen LogP contribution in [0.1, 0.15) is 24.0 Å². The van der Waals surface area contributed by atoms with Crippen LogP contribution in [0.4, 0.5) is 4.39 Å². The number of carbonyl (C=O) groups is 1.